The summed E-state index contributed by atoms with van der Waals surface area (Å²) < 4.78 is 5.20. The molecule has 100 valence electrons. The van der Waals surface area contributed by atoms with Crippen molar-refractivity contribution in [2.45, 2.75) is 0 Å². The molecule has 0 saturated carbocycles. The number of aliphatic carboxylic acids is 1. The molecule has 18 heavy (non-hydrogen) atoms. The first kappa shape index (κ1) is 13.0. The average molecular weight is 256 g/mol. The molecule has 1 amide bonds. The zero-order valence-corrected chi connectivity index (χ0v) is 10.0. The summed E-state index contributed by atoms with van der Waals surface area (Å²) >= 11 is 0. The van der Waals surface area contributed by atoms with Crippen LogP contribution >= 0.6 is 0 Å². The van der Waals surface area contributed by atoms with E-state index in [1.165, 1.54) is 4.90 Å². The molecule has 0 aromatic carbocycles. The molecule has 0 radical (unpaired) electrons. The Hall–Kier alpha value is -1.47. The van der Waals surface area contributed by atoms with Crippen molar-refractivity contribution in [1.82, 2.24) is 9.80 Å². The van der Waals surface area contributed by atoms with Crippen molar-refractivity contribution in [1.29, 1.82) is 0 Å². The van der Waals surface area contributed by atoms with Crippen LogP contribution in [0, 0.1) is 5.92 Å². The lowest BCUT2D eigenvalue weighted by molar-refractivity contribution is -0.147. The van der Waals surface area contributed by atoms with Crippen molar-refractivity contribution in [2.75, 3.05) is 45.9 Å². The topological polar surface area (TPSA) is 87.2 Å². The van der Waals surface area contributed by atoms with Gasteiger partial charge < -0.3 is 14.7 Å². The van der Waals surface area contributed by atoms with Gasteiger partial charge in [0.05, 0.1) is 13.2 Å². The van der Waals surface area contributed by atoms with Crippen LogP contribution in [-0.2, 0) is 19.1 Å². The van der Waals surface area contributed by atoms with E-state index in [-0.39, 0.29) is 6.54 Å². The van der Waals surface area contributed by atoms with E-state index in [9.17, 15) is 14.4 Å². The highest BCUT2D eigenvalue weighted by Crippen LogP contribution is 2.14. The Morgan fingerprint density at radius 1 is 1.28 bits per heavy atom. The van der Waals surface area contributed by atoms with E-state index in [1.807, 2.05) is 0 Å². The number of carbonyl (C=O) groups excluding carboxylic acids is 2. The van der Waals surface area contributed by atoms with Crippen molar-refractivity contribution in [3.05, 3.63) is 0 Å². The Balaban J connectivity index is 1.84. The lowest BCUT2D eigenvalue weighted by Gasteiger charge is -2.28. The fourth-order valence-corrected chi connectivity index (χ4v) is 2.16. The van der Waals surface area contributed by atoms with Gasteiger partial charge in [0.15, 0.2) is 0 Å². The number of carbonyl (C=O) groups is 3. The molecule has 2 aliphatic rings. The third-order valence-corrected chi connectivity index (χ3v) is 3.31. The fraction of sp³-hybridized carbons (Fsp3) is 0.727. The first-order valence-corrected chi connectivity index (χ1v) is 5.95. The van der Waals surface area contributed by atoms with E-state index in [2.05, 4.69) is 4.90 Å². The van der Waals surface area contributed by atoms with Crippen molar-refractivity contribution < 1.29 is 24.2 Å². The average Bonchev–Trinajstić information content (AvgIpc) is 2.65. The predicted octanol–water partition coefficient (Wildman–Crippen LogP) is -1.57. The van der Waals surface area contributed by atoms with E-state index in [4.69, 9.17) is 9.84 Å². The quantitative estimate of drug-likeness (QED) is 0.483. The van der Waals surface area contributed by atoms with Crippen LogP contribution < -0.4 is 0 Å². The monoisotopic (exact) mass is 256 g/mol. The van der Waals surface area contributed by atoms with Gasteiger partial charge in [-0.2, -0.15) is 0 Å². The Morgan fingerprint density at radius 3 is 2.50 bits per heavy atom. The van der Waals surface area contributed by atoms with Crippen LogP contribution in [0.5, 0.6) is 0 Å². The predicted molar refractivity (Wildman–Crippen MR) is 60.0 cm³/mol. The molecular formula is C11H16N2O5. The summed E-state index contributed by atoms with van der Waals surface area (Å²) in [6, 6.07) is 0. The number of ketones is 1. The highest BCUT2D eigenvalue weighted by molar-refractivity contribution is 6.42. The second-order valence-corrected chi connectivity index (χ2v) is 4.46. The van der Waals surface area contributed by atoms with Gasteiger partial charge in [-0.1, -0.05) is 0 Å². The van der Waals surface area contributed by atoms with Gasteiger partial charge in [-0.05, 0) is 0 Å². The van der Waals surface area contributed by atoms with Gasteiger partial charge >= 0.3 is 5.97 Å². The number of ether oxygens (including phenoxy) is 1. The number of carboxylic acids is 1. The lowest BCUT2D eigenvalue weighted by Crippen LogP contribution is -2.42. The molecule has 0 aromatic rings. The van der Waals surface area contributed by atoms with Gasteiger partial charge in [-0.25, -0.2) is 0 Å². The maximum atomic E-state index is 11.6. The van der Waals surface area contributed by atoms with Crippen LogP contribution in [0.4, 0.5) is 0 Å². The van der Waals surface area contributed by atoms with E-state index >= 15 is 0 Å². The fourth-order valence-electron chi connectivity index (χ4n) is 2.16. The van der Waals surface area contributed by atoms with Gasteiger partial charge in [0.1, 0.15) is 5.92 Å². The molecule has 2 heterocycles. The zero-order chi connectivity index (χ0) is 13.1. The smallest absolute Gasteiger partial charge is 0.316 e. The Kier molecular flexibility index (Phi) is 3.93. The van der Waals surface area contributed by atoms with E-state index in [0.29, 0.717) is 26.3 Å². The Bertz CT molecular complexity index is 364. The number of carboxylic acid groups (broad SMARTS) is 1. The summed E-state index contributed by atoms with van der Waals surface area (Å²) in [6.45, 7) is 3.99. The van der Waals surface area contributed by atoms with Crippen LogP contribution in [0.3, 0.4) is 0 Å². The first-order valence-electron chi connectivity index (χ1n) is 5.95. The third-order valence-electron chi connectivity index (χ3n) is 3.31. The van der Waals surface area contributed by atoms with Crippen LogP contribution in [0.15, 0.2) is 0 Å². The molecule has 2 aliphatic heterocycles. The largest absolute Gasteiger partial charge is 0.481 e. The van der Waals surface area contributed by atoms with Crippen LogP contribution in [-0.4, -0.2) is 78.5 Å². The SMILES string of the molecule is O=C(O)C1CN(CCN2CCOCC2)C(=O)C1=O. The van der Waals surface area contributed by atoms with Gasteiger partial charge in [-0.15, -0.1) is 0 Å². The van der Waals surface area contributed by atoms with Crippen molar-refractivity contribution in [3.63, 3.8) is 0 Å². The van der Waals surface area contributed by atoms with Gasteiger partial charge in [0.25, 0.3) is 5.91 Å². The number of likely N-dealkylation sites (tertiary alicyclic amines) is 1. The highest BCUT2D eigenvalue weighted by atomic mass is 16.5. The van der Waals surface area contributed by atoms with Crippen molar-refractivity contribution in [3.8, 4) is 0 Å². The molecular weight excluding hydrogens is 240 g/mol. The van der Waals surface area contributed by atoms with E-state index in [1.54, 1.807) is 0 Å². The number of hydrogen-bond donors (Lipinski definition) is 1. The number of Topliss-reactive ketones (excluding diaryl/α,β-unsaturated/α-hetero) is 1. The molecule has 0 aliphatic carbocycles. The molecule has 2 saturated heterocycles. The van der Waals surface area contributed by atoms with Crippen LogP contribution in [0.1, 0.15) is 0 Å². The molecule has 0 aromatic heterocycles. The second-order valence-electron chi connectivity index (χ2n) is 4.46. The summed E-state index contributed by atoms with van der Waals surface area (Å²) in [5.74, 6) is -3.88. The minimum Gasteiger partial charge on any atom is -0.481 e. The molecule has 7 heteroatoms. The summed E-state index contributed by atoms with van der Waals surface area (Å²) in [5.41, 5.74) is 0. The zero-order valence-electron chi connectivity index (χ0n) is 10.0. The van der Waals surface area contributed by atoms with E-state index < -0.39 is 23.6 Å². The highest BCUT2D eigenvalue weighted by Gasteiger charge is 2.42. The normalized spacial score (nSPS) is 25.8. The first-order chi connectivity index (χ1) is 8.59. The summed E-state index contributed by atoms with van der Waals surface area (Å²) in [5, 5.41) is 8.81. The molecule has 1 unspecified atom stereocenters. The van der Waals surface area contributed by atoms with Crippen molar-refractivity contribution >= 4 is 17.7 Å². The number of hydrogen-bond acceptors (Lipinski definition) is 5. The van der Waals surface area contributed by atoms with E-state index in [0.717, 1.165) is 13.1 Å². The lowest BCUT2D eigenvalue weighted by atomic mass is 10.1. The summed E-state index contributed by atoms with van der Waals surface area (Å²) in [4.78, 5) is 37.2. The minimum absolute atomic E-state index is 0.00264. The molecule has 2 rings (SSSR count). The molecule has 1 atom stereocenters. The molecule has 2 fully saturated rings. The molecule has 0 bridgehead atoms. The number of nitrogens with zero attached hydrogens (tertiary/aromatic N) is 2. The Labute approximate surface area is 104 Å². The van der Waals surface area contributed by atoms with Gasteiger partial charge in [0.2, 0.25) is 5.78 Å². The molecule has 0 spiro atoms. The summed E-state index contributed by atoms with van der Waals surface area (Å²) in [6.07, 6.45) is 0. The van der Waals surface area contributed by atoms with Crippen LogP contribution in [0.25, 0.3) is 0 Å². The standard InChI is InChI=1S/C11H16N2O5/c14-9-8(11(16)17)7-13(10(9)15)2-1-12-3-5-18-6-4-12/h8H,1-7H2,(H,16,17). The number of rotatable bonds is 4. The number of amides is 1. The van der Waals surface area contributed by atoms with Gasteiger partial charge in [-0.3, -0.25) is 19.3 Å². The Morgan fingerprint density at radius 2 is 1.94 bits per heavy atom. The third kappa shape index (κ3) is 2.68. The summed E-state index contributed by atoms with van der Waals surface area (Å²) in [7, 11) is 0. The van der Waals surface area contributed by atoms with Gasteiger partial charge in [0, 0.05) is 32.7 Å². The molecule has 7 nitrogen and oxygen atoms in total. The molecule has 1 N–H and O–H groups in total. The maximum Gasteiger partial charge on any atom is 0.316 e. The second kappa shape index (κ2) is 5.45. The maximum absolute atomic E-state index is 11.6. The van der Waals surface area contributed by atoms with Crippen molar-refractivity contribution in [2.24, 2.45) is 5.92 Å². The minimum atomic E-state index is -1.22. The van der Waals surface area contributed by atoms with Crippen LogP contribution in [0.2, 0.25) is 0 Å². The number of morpholine rings is 1.